The standard InChI is InChI=1S/C28H24ClN5O2/c29-23-14-21-12-7-13-31-24(21)22(15-23)18-33(16-19-8-3-1-4-9-19)25-26(30)34(28(36)32-27(25)35)17-20-10-5-2-6-11-20/h1-15H,16-18,30H2,(H,32,35,36). The van der Waals surface area contributed by atoms with Crippen molar-refractivity contribution in [2.24, 2.45) is 0 Å². The average Bonchev–Trinajstić information content (AvgIpc) is 2.87. The van der Waals surface area contributed by atoms with E-state index in [1.54, 1.807) is 6.20 Å². The SMILES string of the molecule is Nc1c(N(Cc2ccccc2)Cc2cc(Cl)cc3cccnc23)c(=O)[nH]c(=O)n1Cc1ccccc1. The van der Waals surface area contributed by atoms with Crippen molar-refractivity contribution >= 4 is 34.0 Å². The van der Waals surface area contributed by atoms with Crippen molar-refractivity contribution in [2.75, 3.05) is 10.6 Å². The molecule has 0 saturated carbocycles. The maximum atomic E-state index is 13.2. The Balaban J connectivity index is 1.64. The molecule has 3 N–H and O–H groups in total. The number of benzene rings is 3. The molecule has 0 unspecified atom stereocenters. The Bertz CT molecular complexity index is 1630. The molecule has 0 atom stereocenters. The van der Waals surface area contributed by atoms with Crippen molar-refractivity contribution in [3.8, 4) is 0 Å². The highest BCUT2D eigenvalue weighted by Gasteiger charge is 2.21. The number of halogens is 1. The minimum atomic E-state index is -0.556. The summed E-state index contributed by atoms with van der Waals surface area (Å²) < 4.78 is 1.39. The Labute approximate surface area is 212 Å². The maximum Gasteiger partial charge on any atom is 0.330 e. The van der Waals surface area contributed by atoms with Gasteiger partial charge in [-0.1, -0.05) is 78.3 Å². The number of rotatable bonds is 7. The lowest BCUT2D eigenvalue weighted by molar-refractivity contribution is 0.713. The van der Waals surface area contributed by atoms with Gasteiger partial charge < -0.3 is 10.6 Å². The molecule has 2 aromatic heterocycles. The van der Waals surface area contributed by atoms with Gasteiger partial charge in [0.1, 0.15) is 11.5 Å². The fourth-order valence-corrected chi connectivity index (χ4v) is 4.63. The molecule has 7 nitrogen and oxygen atoms in total. The third-order valence-electron chi connectivity index (χ3n) is 6.04. The number of hydrogen-bond acceptors (Lipinski definition) is 5. The predicted molar refractivity (Wildman–Crippen MR) is 144 cm³/mol. The molecule has 8 heteroatoms. The molecular weight excluding hydrogens is 474 g/mol. The zero-order valence-corrected chi connectivity index (χ0v) is 20.2. The third-order valence-corrected chi connectivity index (χ3v) is 6.26. The van der Waals surface area contributed by atoms with Crippen LogP contribution in [0.3, 0.4) is 0 Å². The molecule has 36 heavy (non-hydrogen) atoms. The number of H-pyrrole nitrogens is 1. The molecule has 3 aromatic carbocycles. The first kappa shape index (κ1) is 23.4. The quantitative estimate of drug-likeness (QED) is 0.343. The summed E-state index contributed by atoms with van der Waals surface area (Å²) >= 11 is 6.43. The van der Waals surface area contributed by atoms with Crippen LogP contribution in [0.15, 0.2) is 101 Å². The van der Waals surface area contributed by atoms with Gasteiger partial charge in [0.05, 0.1) is 12.1 Å². The molecule has 5 aromatic rings. The molecule has 0 aliphatic rings. The number of aromatic nitrogens is 3. The van der Waals surface area contributed by atoms with Crippen molar-refractivity contribution in [1.82, 2.24) is 14.5 Å². The molecule has 0 radical (unpaired) electrons. The van der Waals surface area contributed by atoms with E-state index in [0.717, 1.165) is 27.6 Å². The van der Waals surface area contributed by atoms with Crippen LogP contribution in [0.4, 0.5) is 11.5 Å². The molecular formula is C28H24ClN5O2. The van der Waals surface area contributed by atoms with Crippen LogP contribution in [-0.4, -0.2) is 14.5 Å². The van der Waals surface area contributed by atoms with Crippen molar-refractivity contribution in [3.05, 3.63) is 134 Å². The fraction of sp³-hybridized carbons (Fsp3) is 0.107. The molecule has 0 amide bonds. The number of hydrogen-bond donors (Lipinski definition) is 2. The predicted octanol–water partition coefficient (Wildman–Crippen LogP) is 4.58. The lowest BCUT2D eigenvalue weighted by atomic mass is 10.1. The number of anilines is 2. The van der Waals surface area contributed by atoms with E-state index in [2.05, 4.69) is 9.97 Å². The fourth-order valence-electron chi connectivity index (χ4n) is 4.38. The van der Waals surface area contributed by atoms with E-state index in [-0.39, 0.29) is 18.1 Å². The minimum absolute atomic E-state index is 0.0998. The van der Waals surface area contributed by atoms with E-state index in [1.165, 1.54) is 4.57 Å². The van der Waals surface area contributed by atoms with E-state index in [1.807, 2.05) is 89.8 Å². The lowest BCUT2D eigenvalue weighted by Crippen LogP contribution is -2.38. The van der Waals surface area contributed by atoms with Crippen molar-refractivity contribution < 1.29 is 0 Å². The number of nitrogens with one attached hydrogen (secondary N) is 1. The summed E-state index contributed by atoms with van der Waals surface area (Å²) in [7, 11) is 0. The molecule has 180 valence electrons. The number of aromatic amines is 1. The normalized spacial score (nSPS) is 11.0. The highest BCUT2D eigenvalue weighted by molar-refractivity contribution is 6.31. The number of fused-ring (bicyclic) bond motifs is 1. The van der Waals surface area contributed by atoms with Crippen molar-refractivity contribution in [1.29, 1.82) is 0 Å². The first-order chi connectivity index (χ1) is 17.5. The van der Waals surface area contributed by atoms with Crippen molar-refractivity contribution in [2.45, 2.75) is 19.6 Å². The van der Waals surface area contributed by atoms with Gasteiger partial charge in [-0.15, -0.1) is 0 Å². The van der Waals surface area contributed by atoms with Gasteiger partial charge in [-0.2, -0.15) is 0 Å². The Morgan fingerprint density at radius 3 is 2.31 bits per heavy atom. The zero-order valence-electron chi connectivity index (χ0n) is 19.4. The molecule has 0 fully saturated rings. The van der Waals surface area contributed by atoms with E-state index in [4.69, 9.17) is 17.3 Å². The Kier molecular flexibility index (Phi) is 6.56. The topological polar surface area (TPSA) is 97.0 Å². The summed E-state index contributed by atoms with van der Waals surface area (Å²) in [6.07, 6.45) is 1.72. The second kappa shape index (κ2) is 10.1. The van der Waals surface area contributed by atoms with Crippen LogP contribution in [0.5, 0.6) is 0 Å². The minimum Gasteiger partial charge on any atom is -0.383 e. The van der Waals surface area contributed by atoms with Gasteiger partial charge in [0.15, 0.2) is 0 Å². The smallest absolute Gasteiger partial charge is 0.330 e. The van der Waals surface area contributed by atoms with Gasteiger partial charge in [0.2, 0.25) is 0 Å². The van der Waals surface area contributed by atoms with Gasteiger partial charge in [0.25, 0.3) is 5.56 Å². The van der Waals surface area contributed by atoms with Crippen LogP contribution in [0, 0.1) is 0 Å². The highest BCUT2D eigenvalue weighted by Crippen LogP contribution is 2.27. The van der Waals surface area contributed by atoms with Crippen molar-refractivity contribution in [3.63, 3.8) is 0 Å². The molecule has 0 aliphatic heterocycles. The van der Waals surface area contributed by atoms with Crippen LogP contribution >= 0.6 is 11.6 Å². The Morgan fingerprint density at radius 2 is 1.58 bits per heavy atom. The highest BCUT2D eigenvalue weighted by atomic mass is 35.5. The van der Waals surface area contributed by atoms with Gasteiger partial charge in [0, 0.05) is 29.7 Å². The molecule has 2 heterocycles. The van der Waals surface area contributed by atoms with E-state index in [0.29, 0.717) is 18.1 Å². The Hall–Kier alpha value is -4.36. The number of pyridine rings is 1. The van der Waals surface area contributed by atoms with Crippen LogP contribution in [0.25, 0.3) is 10.9 Å². The van der Waals surface area contributed by atoms with E-state index >= 15 is 0 Å². The molecule has 0 spiro atoms. The molecule has 0 saturated heterocycles. The first-order valence-electron chi connectivity index (χ1n) is 11.5. The van der Waals surface area contributed by atoms with Gasteiger partial charge in [-0.05, 0) is 34.9 Å². The average molecular weight is 498 g/mol. The number of nitrogen functional groups attached to an aromatic ring is 1. The number of nitrogens with two attached hydrogens (primary N) is 1. The van der Waals surface area contributed by atoms with Gasteiger partial charge in [-0.25, -0.2) is 4.79 Å². The first-order valence-corrected chi connectivity index (χ1v) is 11.9. The second-order valence-corrected chi connectivity index (χ2v) is 8.98. The second-order valence-electron chi connectivity index (χ2n) is 8.55. The summed E-state index contributed by atoms with van der Waals surface area (Å²) in [4.78, 5) is 34.8. The van der Waals surface area contributed by atoms with Crippen LogP contribution < -0.4 is 21.9 Å². The monoisotopic (exact) mass is 497 g/mol. The van der Waals surface area contributed by atoms with Gasteiger partial charge >= 0.3 is 5.69 Å². The van der Waals surface area contributed by atoms with Gasteiger partial charge in [-0.3, -0.25) is 19.3 Å². The molecule has 0 aliphatic carbocycles. The summed E-state index contributed by atoms with van der Waals surface area (Å²) in [6.45, 7) is 0.925. The van der Waals surface area contributed by atoms with E-state index in [9.17, 15) is 9.59 Å². The summed E-state index contributed by atoms with van der Waals surface area (Å²) in [5.41, 5.74) is 9.17. The third kappa shape index (κ3) is 4.87. The maximum absolute atomic E-state index is 13.2. The van der Waals surface area contributed by atoms with E-state index < -0.39 is 11.2 Å². The molecule has 0 bridgehead atoms. The van der Waals surface area contributed by atoms with Crippen LogP contribution in [-0.2, 0) is 19.6 Å². The largest absolute Gasteiger partial charge is 0.383 e. The summed E-state index contributed by atoms with van der Waals surface area (Å²) in [5.74, 6) is 0.0998. The lowest BCUT2D eigenvalue weighted by Gasteiger charge is -2.27. The summed E-state index contributed by atoms with van der Waals surface area (Å²) in [6, 6.07) is 26.8. The van der Waals surface area contributed by atoms with Crippen LogP contribution in [0.1, 0.15) is 16.7 Å². The summed E-state index contributed by atoms with van der Waals surface area (Å²) in [5, 5.41) is 1.47. The molecule has 5 rings (SSSR count). The zero-order chi connectivity index (χ0) is 25.1. The van der Waals surface area contributed by atoms with Crippen LogP contribution in [0.2, 0.25) is 5.02 Å². The Morgan fingerprint density at radius 1 is 0.889 bits per heavy atom. The number of nitrogens with zero attached hydrogens (tertiary/aromatic N) is 3.